The minimum Gasteiger partial charge on any atom is -0.497 e. The van der Waals surface area contributed by atoms with Crippen LogP contribution in [0.3, 0.4) is 0 Å². The van der Waals surface area contributed by atoms with E-state index >= 15 is 0 Å². The topological polar surface area (TPSA) is 86.2 Å². The van der Waals surface area contributed by atoms with Crippen LogP contribution in [0.15, 0.2) is 103 Å². The van der Waals surface area contributed by atoms with E-state index in [4.69, 9.17) is 14.2 Å². The molecule has 0 heterocycles. The molecule has 1 amide bonds. The number of esters is 1. The van der Waals surface area contributed by atoms with Gasteiger partial charge in [0.25, 0.3) is 5.91 Å². The molecule has 0 radical (unpaired) electrons. The number of hydrazone groups is 1. The molecule has 7 heteroatoms. The zero-order chi connectivity index (χ0) is 25.3. The van der Waals surface area contributed by atoms with E-state index in [1.54, 1.807) is 67.8 Å². The van der Waals surface area contributed by atoms with Crippen molar-refractivity contribution in [1.82, 2.24) is 5.43 Å². The van der Waals surface area contributed by atoms with Gasteiger partial charge in [-0.1, -0.05) is 43.0 Å². The molecule has 4 aromatic rings. The number of carbonyl (C=O) groups is 2. The average Bonchev–Trinajstić information content (AvgIpc) is 2.93. The molecule has 0 aliphatic rings. The second kappa shape index (κ2) is 11.5. The predicted molar refractivity (Wildman–Crippen MR) is 139 cm³/mol. The van der Waals surface area contributed by atoms with Crippen molar-refractivity contribution in [3.05, 3.63) is 114 Å². The third-order valence-electron chi connectivity index (χ3n) is 5.30. The van der Waals surface area contributed by atoms with Crippen LogP contribution in [0.2, 0.25) is 0 Å². The van der Waals surface area contributed by atoms with Gasteiger partial charge < -0.3 is 14.2 Å². The maximum Gasteiger partial charge on any atom is 0.343 e. The molecule has 0 saturated heterocycles. The molecule has 7 nitrogen and oxygen atoms in total. The van der Waals surface area contributed by atoms with E-state index in [9.17, 15) is 9.59 Å². The molecule has 0 bridgehead atoms. The largest absolute Gasteiger partial charge is 0.497 e. The van der Waals surface area contributed by atoms with Crippen LogP contribution in [-0.4, -0.2) is 31.8 Å². The highest BCUT2D eigenvalue weighted by Crippen LogP contribution is 2.27. The second-order valence-electron chi connectivity index (χ2n) is 7.64. The number of benzene rings is 4. The Kier molecular flexibility index (Phi) is 7.73. The van der Waals surface area contributed by atoms with Gasteiger partial charge in [-0.05, 0) is 65.4 Å². The average molecular weight is 481 g/mol. The maximum atomic E-state index is 12.8. The van der Waals surface area contributed by atoms with Crippen LogP contribution in [0.1, 0.15) is 26.3 Å². The van der Waals surface area contributed by atoms with E-state index in [0.717, 1.165) is 10.8 Å². The SMILES string of the molecule is C=CCOc1ccc(C(=O)NN=Cc2c(OC(=O)c3ccc(OC)cc3)ccc3ccccc23)cc1. The molecular formula is C29H24N2O5. The Morgan fingerprint density at radius 1 is 0.889 bits per heavy atom. The number of nitrogens with zero attached hydrogens (tertiary/aromatic N) is 1. The summed E-state index contributed by atoms with van der Waals surface area (Å²) in [5.41, 5.74) is 3.87. The summed E-state index contributed by atoms with van der Waals surface area (Å²) in [6, 6.07) is 24.5. The van der Waals surface area contributed by atoms with Gasteiger partial charge in [-0.3, -0.25) is 4.79 Å². The number of amides is 1. The van der Waals surface area contributed by atoms with Gasteiger partial charge in [0.05, 0.1) is 18.9 Å². The minimum atomic E-state index is -0.523. The molecule has 0 fully saturated rings. The van der Waals surface area contributed by atoms with Crippen molar-refractivity contribution in [3.63, 3.8) is 0 Å². The molecular weight excluding hydrogens is 456 g/mol. The highest BCUT2D eigenvalue weighted by Gasteiger charge is 2.14. The number of hydrogen-bond donors (Lipinski definition) is 1. The van der Waals surface area contributed by atoms with Gasteiger partial charge in [0.1, 0.15) is 23.9 Å². The van der Waals surface area contributed by atoms with Crippen molar-refractivity contribution in [3.8, 4) is 17.2 Å². The van der Waals surface area contributed by atoms with Crippen molar-refractivity contribution in [2.75, 3.05) is 13.7 Å². The Balaban J connectivity index is 1.54. The normalized spacial score (nSPS) is 10.7. The van der Waals surface area contributed by atoms with Gasteiger partial charge in [-0.2, -0.15) is 5.10 Å². The lowest BCUT2D eigenvalue weighted by Gasteiger charge is -2.11. The van der Waals surface area contributed by atoms with E-state index in [2.05, 4.69) is 17.1 Å². The van der Waals surface area contributed by atoms with Gasteiger partial charge in [0, 0.05) is 11.1 Å². The van der Waals surface area contributed by atoms with Crippen molar-refractivity contribution in [1.29, 1.82) is 0 Å². The summed E-state index contributed by atoms with van der Waals surface area (Å²) >= 11 is 0. The maximum absolute atomic E-state index is 12.8. The molecule has 0 spiro atoms. The molecule has 1 N–H and O–H groups in total. The van der Waals surface area contributed by atoms with Crippen LogP contribution in [0.5, 0.6) is 17.2 Å². The molecule has 0 atom stereocenters. The van der Waals surface area contributed by atoms with Crippen LogP contribution < -0.4 is 19.6 Å². The molecule has 36 heavy (non-hydrogen) atoms. The lowest BCUT2D eigenvalue weighted by molar-refractivity contribution is 0.0734. The summed E-state index contributed by atoms with van der Waals surface area (Å²) in [6.45, 7) is 3.99. The number of carbonyl (C=O) groups excluding carboxylic acids is 2. The molecule has 0 unspecified atom stereocenters. The Labute approximate surface area is 208 Å². The van der Waals surface area contributed by atoms with Crippen LogP contribution in [0.4, 0.5) is 0 Å². The highest BCUT2D eigenvalue weighted by molar-refractivity contribution is 6.04. The molecule has 4 aromatic carbocycles. The van der Waals surface area contributed by atoms with E-state index in [1.165, 1.54) is 6.21 Å². The van der Waals surface area contributed by atoms with E-state index in [0.29, 0.717) is 40.5 Å². The van der Waals surface area contributed by atoms with Gasteiger partial charge in [-0.25, -0.2) is 10.2 Å². The van der Waals surface area contributed by atoms with E-state index in [1.807, 2.05) is 30.3 Å². The monoisotopic (exact) mass is 480 g/mol. The number of hydrogen-bond acceptors (Lipinski definition) is 6. The third-order valence-corrected chi connectivity index (χ3v) is 5.30. The lowest BCUT2D eigenvalue weighted by atomic mass is 10.0. The Hall–Kier alpha value is -4.91. The summed E-state index contributed by atoms with van der Waals surface area (Å²) in [4.78, 5) is 25.3. The van der Waals surface area contributed by atoms with E-state index < -0.39 is 11.9 Å². The Morgan fingerprint density at radius 2 is 1.58 bits per heavy atom. The standard InChI is InChI=1S/C29H24N2O5/c1-3-18-35-24-15-8-21(9-16-24)28(32)31-30-19-26-25-7-5-4-6-20(25)12-17-27(26)36-29(33)22-10-13-23(34-2)14-11-22/h3-17,19H,1,18H2,2H3,(H,31,32). The van der Waals surface area contributed by atoms with E-state index in [-0.39, 0.29) is 0 Å². The van der Waals surface area contributed by atoms with Crippen molar-refractivity contribution < 1.29 is 23.8 Å². The number of nitrogens with one attached hydrogen (secondary N) is 1. The quantitative estimate of drug-likeness (QED) is 0.114. The van der Waals surface area contributed by atoms with Crippen LogP contribution in [0.25, 0.3) is 10.8 Å². The van der Waals surface area contributed by atoms with Gasteiger partial charge in [0.15, 0.2) is 0 Å². The molecule has 0 aromatic heterocycles. The summed E-state index contributed by atoms with van der Waals surface area (Å²) in [5, 5.41) is 5.88. The van der Waals surface area contributed by atoms with Gasteiger partial charge in [-0.15, -0.1) is 0 Å². The van der Waals surface area contributed by atoms with Crippen LogP contribution in [-0.2, 0) is 0 Å². The molecule has 0 aliphatic heterocycles. The second-order valence-corrected chi connectivity index (χ2v) is 7.64. The molecule has 4 rings (SSSR count). The molecule has 0 saturated carbocycles. The number of fused-ring (bicyclic) bond motifs is 1. The minimum absolute atomic E-state index is 0.316. The number of methoxy groups -OCH3 is 1. The summed E-state index contributed by atoms with van der Waals surface area (Å²) in [6.07, 6.45) is 3.11. The zero-order valence-corrected chi connectivity index (χ0v) is 19.6. The summed E-state index contributed by atoms with van der Waals surface area (Å²) < 4.78 is 16.3. The van der Waals surface area contributed by atoms with Crippen LogP contribution in [0, 0.1) is 0 Å². The fraction of sp³-hybridized carbons (Fsp3) is 0.0690. The predicted octanol–water partition coefficient (Wildman–Crippen LogP) is 5.40. The number of ether oxygens (including phenoxy) is 3. The van der Waals surface area contributed by atoms with Crippen molar-refractivity contribution in [2.24, 2.45) is 5.10 Å². The molecule has 0 aliphatic carbocycles. The number of rotatable bonds is 9. The Morgan fingerprint density at radius 3 is 2.31 bits per heavy atom. The first kappa shape index (κ1) is 24.2. The lowest BCUT2D eigenvalue weighted by Crippen LogP contribution is -2.17. The summed E-state index contributed by atoms with van der Waals surface area (Å²) in [5.74, 6) is 0.675. The van der Waals surface area contributed by atoms with Crippen molar-refractivity contribution in [2.45, 2.75) is 0 Å². The first-order chi connectivity index (χ1) is 17.6. The van der Waals surface area contributed by atoms with Gasteiger partial charge >= 0.3 is 5.97 Å². The fourth-order valence-corrected chi connectivity index (χ4v) is 3.46. The zero-order valence-electron chi connectivity index (χ0n) is 19.6. The summed E-state index contributed by atoms with van der Waals surface area (Å²) in [7, 11) is 1.56. The molecule has 180 valence electrons. The highest BCUT2D eigenvalue weighted by atomic mass is 16.5. The first-order valence-corrected chi connectivity index (χ1v) is 11.1. The Bertz CT molecular complexity index is 1410. The third kappa shape index (κ3) is 5.77. The first-order valence-electron chi connectivity index (χ1n) is 11.1. The van der Waals surface area contributed by atoms with Crippen molar-refractivity contribution >= 4 is 28.9 Å². The smallest absolute Gasteiger partial charge is 0.343 e. The van der Waals surface area contributed by atoms with Gasteiger partial charge in [0.2, 0.25) is 0 Å². The fourth-order valence-electron chi connectivity index (χ4n) is 3.46. The van der Waals surface area contributed by atoms with Crippen LogP contribution >= 0.6 is 0 Å².